The van der Waals surface area contributed by atoms with Gasteiger partial charge in [-0.05, 0) is 41.3 Å². The van der Waals surface area contributed by atoms with Crippen molar-refractivity contribution in [3.63, 3.8) is 0 Å². The Morgan fingerprint density at radius 2 is 1.91 bits per heavy atom. The van der Waals surface area contributed by atoms with Crippen molar-refractivity contribution in [3.8, 4) is 5.69 Å². The van der Waals surface area contributed by atoms with E-state index in [2.05, 4.69) is 41.2 Å². The number of aromatic nitrogens is 6. The van der Waals surface area contributed by atoms with Crippen LogP contribution in [0.2, 0.25) is 10.0 Å². The Morgan fingerprint density at radius 3 is 2.58 bits per heavy atom. The monoisotopic (exact) mass is 482 g/mol. The summed E-state index contributed by atoms with van der Waals surface area (Å²) in [5.74, 6) is 0. The molecule has 0 fully saturated rings. The van der Waals surface area contributed by atoms with Crippen LogP contribution >= 0.6 is 23.2 Å². The molecule has 4 rings (SSSR count). The molecule has 0 bridgehead atoms. The van der Waals surface area contributed by atoms with E-state index < -0.39 is 0 Å². The predicted octanol–water partition coefficient (Wildman–Crippen LogP) is 5.80. The number of nitrogens with zero attached hydrogens (tertiary/aromatic N) is 6. The average molecular weight is 483 g/mol. The molecule has 7 nitrogen and oxygen atoms in total. The Kier molecular flexibility index (Phi) is 6.93. The van der Waals surface area contributed by atoms with E-state index in [9.17, 15) is 0 Å². The van der Waals surface area contributed by atoms with Crippen LogP contribution in [0.5, 0.6) is 0 Å². The molecule has 1 atom stereocenters. The van der Waals surface area contributed by atoms with Crippen molar-refractivity contribution >= 4 is 35.0 Å². The van der Waals surface area contributed by atoms with E-state index in [1.54, 1.807) is 27.8 Å². The predicted molar refractivity (Wildman–Crippen MR) is 130 cm³/mol. The molecule has 1 unspecified atom stereocenters. The van der Waals surface area contributed by atoms with Gasteiger partial charge in [-0.15, -0.1) is 5.10 Å². The minimum Gasteiger partial charge on any atom is -0.365 e. The summed E-state index contributed by atoms with van der Waals surface area (Å²) in [4.78, 5) is 4.12. The molecule has 0 aliphatic heterocycles. The van der Waals surface area contributed by atoms with Gasteiger partial charge in [0.2, 0.25) is 0 Å². The van der Waals surface area contributed by atoms with Crippen LogP contribution in [0, 0.1) is 5.41 Å². The van der Waals surface area contributed by atoms with E-state index in [4.69, 9.17) is 27.9 Å². The molecule has 0 aliphatic carbocycles. The number of hydrogen-bond donors (Lipinski definition) is 0. The van der Waals surface area contributed by atoms with Crippen molar-refractivity contribution in [2.45, 2.75) is 33.5 Å². The number of benzene rings is 2. The van der Waals surface area contributed by atoms with Crippen molar-refractivity contribution in [3.05, 3.63) is 88.7 Å². The van der Waals surface area contributed by atoms with Crippen LogP contribution in [0.25, 0.3) is 17.5 Å². The SMILES string of the molecule is CC(C)(C)C(OCc1cn(-c2ccccc2)nn1)/C(=C/c1ccc(Cl)cc1Cl)n1cncn1. The highest BCUT2D eigenvalue weighted by Gasteiger charge is 2.31. The normalized spacial score (nSPS) is 13.3. The number of ether oxygens (including phenoxy) is 1. The summed E-state index contributed by atoms with van der Waals surface area (Å²) in [5.41, 5.74) is 2.98. The van der Waals surface area contributed by atoms with E-state index in [1.807, 2.05) is 48.7 Å². The van der Waals surface area contributed by atoms with E-state index in [0.29, 0.717) is 10.0 Å². The summed E-state index contributed by atoms with van der Waals surface area (Å²) < 4.78 is 9.85. The third-order valence-corrected chi connectivity index (χ3v) is 5.53. The Morgan fingerprint density at radius 1 is 1.12 bits per heavy atom. The van der Waals surface area contributed by atoms with Crippen LogP contribution in [0.1, 0.15) is 32.0 Å². The molecule has 170 valence electrons. The first-order chi connectivity index (χ1) is 15.8. The van der Waals surface area contributed by atoms with Crippen molar-refractivity contribution in [2.24, 2.45) is 5.41 Å². The zero-order chi connectivity index (χ0) is 23.4. The van der Waals surface area contributed by atoms with Gasteiger partial charge in [0.15, 0.2) is 0 Å². The first-order valence-electron chi connectivity index (χ1n) is 10.4. The molecule has 0 spiro atoms. The van der Waals surface area contributed by atoms with Crippen LogP contribution in [0.15, 0.2) is 67.4 Å². The van der Waals surface area contributed by atoms with Crippen LogP contribution in [0.3, 0.4) is 0 Å². The molecule has 4 aromatic rings. The van der Waals surface area contributed by atoms with Crippen LogP contribution < -0.4 is 0 Å². The minimum absolute atomic E-state index is 0.272. The summed E-state index contributed by atoms with van der Waals surface area (Å²) >= 11 is 12.5. The smallest absolute Gasteiger partial charge is 0.138 e. The van der Waals surface area contributed by atoms with Crippen LogP contribution in [-0.4, -0.2) is 35.9 Å². The lowest BCUT2D eigenvalue weighted by Gasteiger charge is -2.32. The third-order valence-electron chi connectivity index (χ3n) is 4.96. The molecular formula is C24H24Cl2N6O. The number of para-hydroxylation sites is 1. The van der Waals surface area contributed by atoms with E-state index >= 15 is 0 Å². The molecule has 2 heterocycles. The van der Waals surface area contributed by atoms with Gasteiger partial charge in [0.05, 0.1) is 24.2 Å². The standard InChI is InChI=1S/C24H24Cl2N6O/c1-24(2,3)23(33-14-19-13-31(30-29-19)20-7-5-4-6-8-20)22(32-16-27-15-28-32)11-17-9-10-18(25)12-21(17)26/h4-13,15-16,23H,14H2,1-3H3/b22-11-. The molecule has 0 radical (unpaired) electrons. The highest BCUT2D eigenvalue weighted by molar-refractivity contribution is 6.35. The van der Waals surface area contributed by atoms with Gasteiger partial charge in [-0.2, -0.15) is 5.10 Å². The van der Waals surface area contributed by atoms with Gasteiger partial charge < -0.3 is 4.74 Å². The van der Waals surface area contributed by atoms with Crippen molar-refractivity contribution in [1.82, 2.24) is 29.8 Å². The first kappa shape index (κ1) is 23.2. The second-order valence-electron chi connectivity index (χ2n) is 8.62. The van der Waals surface area contributed by atoms with Crippen molar-refractivity contribution in [1.29, 1.82) is 0 Å². The Hall–Kier alpha value is -3.00. The second kappa shape index (κ2) is 9.87. The average Bonchev–Trinajstić information content (AvgIpc) is 3.47. The van der Waals surface area contributed by atoms with Crippen molar-refractivity contribution < 1.29 is 4.74 Å². The lowest BCUT2D eigenvalue weighted by atomic mass is 9.86. The summed E-state index contributed by atoms with van der Waals surface area (Å²) in [6.07, 6.45) is 6.59. The van der Waals surface area contributed by atoms with Gasteiger partial charge >= 0.3 is 0 Å². The summed E-state index contributed by atoms with van der Waals surface area (Å²) in [7, 11) is 0. The highest BCUT2D eigenvalue weighted by Crippen LogP contribution is 2.34. The topological polar surface area (TPSA) is 70.7 Å². The van der Waals surface area contributed by atoms with Crippen LogP contribution in [-0.2, 0) is 11.3 Å². The molecule has 2 aromatic carbocycles. The summed E-state index contributed by atoms with van der Waals surface area (Å²) in [6.45, 7) is 6.58. The molecule has 33 heavy (non-hydrogen) atoms. The fourth-order valence-corrected chi connectivity index (χ4v) is 3.86. The molecule has 9 heteroatoms. The fourth-order valence-electron chi connectivity index (χ4n) is 3.40. The zero-order valence-electron chi connectivity index (χ0n) is 18.6. The second-order valence-corrected chi connectivity index (χ2v) is 9.47. The quantitative estimate of drug-likeness (QED) is 0.333. The maximum Gasteiger partial charge on any atom is 0.138 e. The molecule has 0 aliphatic rings. The number of rotatable bonds is 7. The van der Waals surface area contributed by atoms with Gasteiger partial charge in [0.1, 0.15) is 24.5 Å². The van der Waals surface area contributed by atoms with E-state index in [1.165, 1.54) is 6.33 Å². The third kappa shape index (κ3) is 5.68. The lowest BCUT2D eigenvalue weighted by molar-refractivity contribution is 0.00609. The number of hydrogen-bond acceptors (Lipinski definition) is 5. The maximum atomic E-state index is 6.45. The lowest BCUT2D eigenvalue weighted by Crippen LogP contribution is -2.33. The molecule has 0 N–H and O–H groups in total. The highest BCUT2D eigenvalue weighted by atomic mass is 35.5. The van der Waals surface area contributed by atoms with Gasteiger partial charge in [-0.25, -0.2) is 14.3 Å². The molecule has 0 saturated carbocycles. The summed E-state index contributed by atoms with van der Waals surface area (Å²) in [6, 6.07) is 15.2. The summed E-state index contributed by atoms with van der Waals surface area (Å²) in [5, 5.41) is 14.0. The fraction of sp³-hybridized carbons (Fsp3) is 0.250. The molecular weight excluding hydrogens is 459 g/mol. The Bertz CT molecular complexity index is 1230. The van der Waals surface area contributed by atoms with E-state index in [0.717, 1.165) is 22.6 Å². The molecule has 2 aromatic heterocycles. The van der Waals surface area contributed by atoms with Crippen molar-refractivity contribution in [2.75, 3.05) is 0 Å². The Balaban J connectivity index is 1.64. The van der Waals surface area contributed by atoms with Gasteiger partial charge in [0.25, 0.3) is 0 Å². The first-order valence-corrected chi connectivity index (χ1v) is 11.2. The molecule has 0 saturated heterocycles. The van der Waals surface area contributed by atoms with Gasteiger partial charge in [-0.3, -0.25) is 0 Å². The molecule has 0 amide bonds. The maximum absolute atomic E-state index is 6.45. The Labute approximate surface area is 202 Å². The van der Waals surface area contributed by atoms with E-state index in [-0.39, 0.29) is 18.1 Å². The van der Waals surface area contributed by atoms with Gasteiger partial charge in [-0.1, -0.05) is 73.5 Å². The largest absolute Gasteiger partial charge is 0.365 e. The van der Waals surface area contributed by atoms with Crippen LogP contribution in [0.4, 0.5) is 0 Å². The van der Waals surface area contributed by atoms with Gasteiger partial charge in [0, 0.05) is 10.0 Å². The minimum atomic E-state index is -0.354. The number of halogens is 2. The zero-order valence-corrected chi connectivity index (χ0v) is 20.1.